The molecule has 0 aliphatic rings. The molecule has 0 aliphatic heterocycles. The highest BCUT2D eigenvalue weighted by atomic mass is 79.9. The summed E-state index contributed by atoms with van der Waals surface area (Å²) in [7, 11) is 0. The summed E-state index contributed by atoms with van der Waals surface area (Å²) < 4.78 is 2.11. The van der Waals surface area contributed by atoms with Crippen LogP contribution in [0.25, 0.3) is 11.3 Å². The van der Waals surface area contributed by atoms with Gasteiger partial charge >= 0.3 is 0 Å². The lowest BCUT2D eigenvalue weighted by atomic mass is 10.1. The maximum atomic E-state index is 12.1. The van der Waals surface area contributed by atoms with Gasteiger partial charge in [0.2, 0.25) is 5.91 Å². The largest absolute Gasteiger partial charge is 0.349 e. The number of carbonyl (C=O) groups excluding carboxylic acids is 1. The monoisotopic (exact) mass is 398 g/mol. The van der Waals surface area contributed by atoms with Crippen molar-refractivity contribution in [3.8, 4) is 11.3 Å². The molecule has 0 unspecified atom stereocenters. The molecule has 0 bridgehead atoms. The molecule has 126 valence electrons. The Morgan fingerprint density at radius 1 is 1.08 bits per heavy atom. The van der Waals surface area contributed by atoms with Crippen molar-refractivity contribution in [2.45, 2.75) is 13.1 Å². The third-order valence-electron chi connectivity index (χ3n) is 3.49. The van der Waals surface area contributed by atoms with E-state index in [4.69, 9.17) is 0 Å². The first-order chi connectivity index (χ1) is 12.1. The van der Waals surface area contributed by atoms with E-state index in [1.807, 2.05) is 42.5 Å². The molecule has 3 rings (SSSR count). The topological polar surface area (TPSA) is 76.9 Å². The zero-order valence-electron chi connectivity index (χ0n) is 13.2. The fraction of sp³-hybridized carbons (Fsp3) is 0.111. The molecule has 0 spiro atoms. The number of nitrogens with one attached hydrogen (secondary N) is 1. The molecule has 0 aliphatic carbocycles. The van der Waals surface area contributed by atoms with Gasteiger partial charge in [0.25, 0.3) is 5.56 Å². The molecule has 1 amide bonds. The SMILES string of the molecule is O=C(Cn1nc(-c2ccc(Br)cc2)ccc1=O)NCc1ccccn1. The van der Waals surface area contributed by atoms with Gasteiger partial charge in [-0.25, -0.2) is 4.68 Å². The van der Waals surface area contributed by atoms with Crippen LogP contribution in [0.15, 0.2) is 70.1 Å². The van der Waals surface area contributed by atoms with E-state index in [1.54, 1.807) is 12.3 Å². The van der Waals surface area contributed by atoms with E-state index in [-0.39, 0.29) is 18.0 Å². The van der Waals surface area contributed by atoms with Gasteiger partial charge in [-0.15, -0.1) is 0 Å². The third kappa shape index (κ3) is 4.60. The molecule has 25 heavy (non-hydrogen) atoms. The molecule has 7 heteroatoms. The number of benzene rings is 1. The van der Waals surface area contributed by atoms with Crippen LogP contribution < -0.4 is 10.9 Å². The standard InChI is InChI=1S/C18H15BrN4O2/c19-14-6-4-13(5-7-14)16-8-9-18(25)23(22-16)12-17(24)21-11-15-3-1-2-10-20-15/h1-10H,11-12H2,(H,21,24). The average Bonchev–Trinajstić information content (AvgIpc) is 2.63. The van der Waals surface area contributed by atoms with Crippen LogP contribution in [-0.4, -0.2) is 20.7 Å². The highest BCUT2D eigenvalue weighted by Gasteiger charge is 2.08. The second-order valence-electron chi connectivity index (χ2n) is 5.32. The number of halogens is 1. The van der Waals surface area contributed by atoms with Crippen LogP contribution in [0.4, 0.5) is 0 Å². The van der Waals surface area contributed by atoms with Crippen molar-refractivity contribution in [3.05, 3.63) is 81.3 Å². The van der Waals surface area contributed by atoms with E-state index in [9.17, 15) is 9.59 Å². The number of nitrogens with zero attached hydrogens (tertiary/aromatic N) is 3. The molecule has 6 nitrogen and oxygen atoms in total. The smallest absolute Gasteiger partial charge is 0.267 e. The van der Waals surface area contributed by atoms with E-state index in [0.29, 0.717) is 12.2 Å². The van der Waals surface area contributed by atoms with Crippen LogP contribution in [0, 0.1) is 0 Å². The normalized spacial score (nSPS) is 10.4. The summed E-state index contributed by atoms with van der Waals surface area (Å²) in [4.78, 5) is 28.2. The van der Waals surface area contributed by atoms with Gasteiger partial charge in [-0.2, -0.15) is 5.10 Å². The second-order valence-corrected chi connectivity index (χ2v) is 6.23. The Hall–Kier alpha value is -2.80. The zero-order chi connectivity index (χ0) is 17.6. The summed E-state index contributed by atoms with van der Waals surface area (Å²) in [5.41, 5.74) is 1.92. The first kappa shape index (κ1) is 17.0. The maximum Gasteiger partial charge on any atom is 0.267 e. The Balaban J connectivity index is 1.71. The van der Waals surface area contributed by atoms with Gasteiger partial charge in [-0.05, 0) is 30.3 Å². The van der Waals surface area contributed by atoms with E-state index in [0.717, 1.165) is 20.4 Å². The van der Waals surface area contributed by atoms with Crippen LogP contribution in [0.1, 0.15) is 5.69 Å². The van der Waals surface area contributed by atoms with Gasteiger partial charge < -0.3 is 5.32 Å². The minimum absolute atomic E-state index is 0.143. The first-order valence-electron chi connectivity index (χ1n) is 7.62. The molecule has 0 radical (unpaired) electrons. The molecule has 3 aromatic rings. The average molecular weight is 399 g/mol. The lowest BCUT2D eigenvalue weighted by Crippen LogP contribution is -2.33. The Kier molecular flexibility index (Phi) is 5.35. The van der Waals surface area contributed by atoms with Crippen LogP contribution in [0.5, 0.6) is 0 Å². The number of carbonyl (C=O) groups is 1. The molecule has 1 N–H and O–H groups in total. The molecule has 1 aromatic carbocycles. The van der Waals surface area contributed by atoms with Crippen molar-refractivity contribution < 1.29 is 4.79 Å². The number of hydrogen-bond donors (Lipinski definition) is 1. The van der Waals surface area contributed by atoms with Crippen LogP contribution in [-0.2, 0) is 17.9 Å². The van der Waals surface area contributed by atoms with Gasteiger partial charge in [0, 0.05) is 22.3 Å². The molecule has 0 fully saturated rings. The Labute approximate surface area is 152 Å². The second kappa shape index (κ2) is 7.85. The summed E-state index contributed by atoms with van der Waals surface area (Å²) >= 11 is 3.38. The van der Waals surface area contributed by atoms with Gasteiger partial charge in [0.1, 0.15) is 6.54 Å². The maximum absolute atomic E-state index is 12.1. The summed E-state index contributed by atoms with van der Waals surface area (Å²) in [6, 6.07) is 16.1. The predicted molar refractivity (Wildman–Crippen MR) is 97.7 cm³/mol. The lowest BCUT2D eigenvalue weighted by Gasteiger charge is -2.08. The molecular weight excluding hydrogens is 384 g/mol. The molecule has 2 aromatic heterocycles. The highest BCUT2D eigenvalue weighted by Crippen LogP contribution is 2.18. The van der Waals surface area contributed by atoms with Crippen LogP contribution in [0.2, 0.25) is 0 Å². The van der Waals surface area contributed by atoms with Crippen molar-refractivity contribution >= 4 is 21.8 Å². The number of hydrogen-bond acceptors (Lipinski definition) is 4. The quantitative estimate of drug-likeness (QED) is 0.715. The Morgan fingerprint density at radius 3 is 2.60 bits per heavy atom. The minimum Gasteiger partial charge on any atom is -0.349 e. The lowest BCUT2D eigenvalue weighted by molar-refractivity contribution is -0.122. The number of amides is 1. The Bertz CT molecular complexity index is 924. The fourth-order valence-electron chi connectivity index (χ4n) is 2.22. The number of pyridine rings is 1. The highest BCUT2D eigenvalue weighted by molar-refractivity contribution is 9.10. The van der Waals surface area contributed by atoms with E-state index in [1.165, 1.54) is 6.07 Å². The van der Waals surface area contributed by atoms with Crippen LogP contribution >= 0.6 is 15.9 Å². The first-order valence-corrected chi connectivity index (χ1v) is 8.42. The van der Waals surface area contributed by atoms with E-state index in [2.05, 4.69) is 31.3 Å². The minimum atomic E-state index is -0.325. The summed E-state index contributed by atoms with van der Waals surface area (Å²) in [5, 5.41) is 7.01. The van der Waals surface area contributed by atoms with Crippen molar-refractivity contribution in [3.63, 3.8) is 0 Å². The van der Waals surface area contributed by atoms with Gasteiger partial charge in [-0.1, -0.05) is 34.1 Å². The van der Waals surface area contributed by atoms with E-state index < -0.39 is 0 Å². The van der Waals surface area contributed by atoms with Gasteiger partial charge in [0.05, 0.1) is 17.9 Å². The predicted octanol–water partition coefficient (Wildman–Crippen LogP) is 2.38. The van der Waals surface area contributed by atoms with Crippen LogP contribution in [0.3, 0.4) is 0 Å². The van der Waals surface area contributed by atoms with Crippen molar-refractivity contribution in [1.29, 1.82) is 0 Å². The molecule has 0 saturated carbocycles. The van der Waals surface area contributed by atoms with Crippen molar-refractivity contribution in [1.82, 2.24) is 20.1 Å². The number of aromatic nitrogens is 3. The van der Waals surface area contributed by atoms with Gasteiger partial charge in [-0.3, -0.25) is 14.6 Å². The molecule has 0 saturated heterocycles. The summed E-state index contributed by atoms with van der Waals surface area (Å²) in [6.07, 6.45) is 1.66. The summed E-state index contributed by atoms with van der Waals surface area (Å²) in [5.74, 6) is -0.298. The van der Waals surface area contributed by atoms with Crippen molar-refractivity contribution in [2.24, 2.45) is 0 Å². The Morgan fingerprint density at radius 2 is 1.88 bits per heavy atom. The molecule has 2 heterocycles. The molecular formula is C18H15BrN4O2. The van der Waals surface area contributed by atoms with E-state index >= 15 is 0 Å². The zero-order valence-corrected chi connectivity index (χ0v) is 14.8. The number of rotatable bonds is 5. The van der Waals surface area contributed by atoms with Gasteiger partial charge in [0.15, 0.2) is 0 Å². The molecule has 0 atom stereocenters. The third-order valence-corrected chi connectivity index (χ3v) is 4.02. The summed E-state index contributed by atoms with van der Waals surface area (Å²) in [6.45, 7) is 0.164. The van der Waals surface area contributed by atoms with Crippen molar-refractivity contribution in [2.75, 3.05) is 0 Å². The fourth-order valence-corrected chi connectivity index (χ4v) is 2.48.